The van der Waals surface area contributed by atoms with Gasteiger partial charge in [0.2, 0.25) is 5.95 Å². The van der Waals surface area contributed by atoms with Gasteiger partial charge in [-0.3, -0.25) is 4.79 Å². The second-order valence-corrected chi connectivity index (χ2v) is 3.52. The maximum Gasteiger partial charge on any atom is 0.295 e. The van der Waals surface area contributed by atoms with Gasteiger partial charge in [0, 0.05) is 6.42 Å². The zero-order valence-electron chi connectivity index (χ0n) is 9.28. The Bertz CT molecular complexity index is 596. The zero-order valence-corrected chi connectivity index (χ0v) is 10.1. The molecule has 1 aromatic carbocycles. The summed E-state index contributed by atoms with van der Waals surface area (Å²) in [7, 11) is 0. The van der Waals surface area contributed by atoms with Crippen molar-refractivity contribution in [2.45, 2.75) is 6.42 Å². The van der Waals surface area contributed by atoms with E-state index in [1.807, 2.05) is 0 Å². The van der Waals surface area contributed by atoms with Crippen molar-refractivity contribution >= 4 is 18.4 Å². The van der Waals surface area contributed by atoms with E-state index in [1.165, 1.54) is 12.1 Å². The second-order valence-electron chi connectivity index (χ2n) is 3.52. The fourth-order valence-electron chi connectivity index (χ4n) is 1.36. The van der Waals surface area contributed by atoms with Gasteiger partial charge in [-0.1, -0.05) is 12.1 Å². The van der Waals surface area contributed by atoms with Gasteiger partial charge in [0.15, 0.2) is 0 Å². The summed E-state index contributed by atoms with van der Waals surface area (Å²) in [6, 6.07) is 6.43. The van der Waals surface area contributed by atoms with E-state index < -0.39 is 5.56 Å². The van der Waals surface area contributed by atoms with Gasteiger partial charge in [-0.25, -0.2) is 0 Å². The number of phenols is 1. The number of aromatic nitrogens is 3. The summed E-state index contributed by atoms with van der Waals surface area (Å²) in [5.74, 6) is 5.42. The average molecular weight is 270 g/mol. The van der Waals surface area contributed by atoms with Gasteiger partial charge < -0.3 is 16.7 Å². The minimum Gasteiger partial charge on any atom is -0.508 e. The summed E-state index contributed by atoms with van der Waals surface area (Å²) in [6.07, 6.45) is 0.281. The first-order chi connectivity index (χ1) is 8.08. The third kappa shape index (κ3) is 2.69. The number of aromatic hydroxyl groups is 1. The van der Waals surface area contributed by atoms with E-state index in [-0.39, 0.29) is 36.2 Å². The molecule has 0 bridgehead atoms. The van der Waals surface area contributed by atoms with E-state index in [0.717, 1.165) is 10.2 Å². The van der Waals surface area contributed by atoms with Crippen LogP contribution < -0.4 is 17.1 Å². The van der Waals surface area contributed by atoms with Gasteiger partial charge in [0.05, 0.1) is 0 Å². The van der Waals surface area contributed by atoms with Crippen molar-refractivity contribution in [3.05, 3.63) is 45.9 Å². The average Bonchev–Trinajstić information content (AvgIpc) is 2.33. The Labute approximate surface area is 108 Å². The fourth-order valence-corrected chi connectivity index (χ4v) is 1.36. The number of anilines is 1. The van der Waals surface area contributed by atoms with Crippen LogP contribution in [0.5, 0.6) is 5.75 Å². The SMILES string of the molecule is Cl.Nc1nnc(Cc2ccc(O)cc2)c(=O)n1N. The lowest BCUT2D eigenvalue weighted by molar-refractivity contribution is 0.475. The molecule has 0 saturated heterocycles. The molecule has 1 heterocycles. The van der Waals surface area contributed by atoms with Crippen LogP contribution in [0.2, 0.25) is 0 Å². The fraction of sp³-hybridized carbons (Fsp3) is 0.100. The lowest BCUT2D eigenvalue weighted by Crippen LogP contribution is -2.34. The normalized spacial score (nSPS) is 9.78. The molecule has 1 aromatic heterocycles. The first-order valence-corrected chi connectivity index (χ1v) is 4.85. The molecule has 2 rings (SSSR count). The number of nitrogens with zero attached hydrogens (tertiary/aromatic N) is 3. The molecular formula is C10H12ClN5O2. The first kappa shape index (κ1) is 13.8. The topological polar surface area (TPSA) is 120 Å². The summed E-state index contributed by atoms with van der Waals surface area (Å²) in [5, 5.41) is 16.4. The molecule has 0 aliphatic rings. The van der Waals surface area contributed by atoms with Crippen LogP contribution >= 0.6 is 12.4 Å². The smallest absolute Gasteiger partial charge is 0.295 e. The van der Waals surface area contributed by atoms with Crippen LogP contribution in [0.15, 0.2) is 29.1 Å². The van der Waals surface area contributed by atoms with Crippen molar-refractivity contribution in [3.8, 4) is 5.75 Å². The van der Waals surface area contributed by atoms with Gasteiger partial charge in [0.1, 0.15) is 11.4 Å². The Balaban J connectivity index is 0.00000162. The highest BCUT2D eigenvalue weighted by Crippen LogP contribution is 2.11. The minimum atomic E-state index is -0.481. The van der Waals surface area contributed by atoms with E-state index in [0.29, 0.717) is 0 Å². The molecule has 7 nitrogen and oxygen atoms in total. The Kier molecular flexibility index (Phi) is 4.11. The molecule has 0 radical (unpaired) electrons. The predicted octanol–water partition coefficient (Wildman–Crippen LogP) is -0.348. The Morgan fingerprint density at radius 2 is 1.83 bits per heavy atom. The van der Waals surface area contributed by atoms with Crippen LogP contribution in [0.25, 0.3) is 0 Å². The van der Waals surface area contributed by atoms with E-state index in [4.69, 9.17) is 16.7 Å². The number of nitrogen functional groups attached to an aromatic ring is 2. The molecule has 0 amide bonds. The van der Waals surface area contributed by atoms with E-state index in [9.17, 15) is 4.79 Å². The van der Waals surface area contributed by atoms with Crippen molar-refractivity contribution < 1.29 is 5.11 Å². The van der Waals surface area contributed by atoms with Crippen LogP contribution in [0.1, 0.15) is 11.3 Å². The standard InChI is InChI=1S/C10H11N5O2.ClH/c11-10-14-13-8(9(17)15(10)12)5-6-1-3-7(16)4-2-6;/h1-4,16H,5,12H2,(H2,11,14);1H. The molecule has 0 unspecified atom stereocenters. The molecule has 0 spiro atoms. The largest absolute Gasteiger partial charge is 0.508 e. The van der Waals surface area contributed by atoms with Crippen LogP contribution in [-0.2, 0) is 6.42 Å². The van der Waals surface area contributed by atoms with Crippen molar-refractivity contribution in [2.75, 3.05) is 11.6 Å². The van der Waals surface area contributed by atoms with Crippen molar-refractivity contribution in [1.82, 2.24) is 14.9 Å². The zero-order chi connectivity index (χ0) is 12.4. The van der Waals surface area contributed by atoms with Gasteiger partial charge in [-0.05, 0) is 17.7 Å². The van der Waals surface area contributed by atoms with Crippen LogP contribution in [0, 0.1) is 0 Å². The van der Waals surface area contributed by atoms with E-state index in [1.54, 1.807) is 12.1 Å². The van der Waals surface area contributed by atoms with Gasteiger partial charge in [0.25, 0.3) is 5.56 Å². The summed E-state index contributed by atoms with van der Waals surface area (Å²) < 4.78 is 0.753. The summed E-state index contributed by atoms with van der Waals surface area (Å²) in [5.41, 5.74) is 5.87. The van der Waals surface area contributed by atoms with Gasteiger partial charge >= 0.3 is 0 Å². The summed E-state index contributed by atoms with van der Waals surface area (Å²) in [6.45, 7) is 0. The molecule has 0 aliphatic heterocycles. The highest BCUT2D eigenvalue weighted by Gasteiger charge is 2.08. The number of benzene rings is 1. The molecule has 8 heteroatoms. The molecule has 0 fully saturated rings. The highest BCUT2D eigenvalue weighted by molar-refractivity contribution is 5.85. The molecule has 96 valence electrons. The maximum atomic E-state index is 11.7. The summed E-state index contributed by atoms with van der Waals surface area (Å²) >= 11 is 0. The second kappa shape index (κ2) is 5.37. The Hall–Kier alpha value is -2.28. The van der Waals surface area contributed by atoms with Crippen molar-refractivity contribution in [3.63, 3.8) is 0 Å². The van der Waals surface area contributed by atoms with Gasteiger partial charge in [-0.15, -0.1) is 22.6 Å². The number of hydrogen-bond donors (Lipinski definition) is 3. The quantitative estimate of drug-likeness (QED) is 0.641. The Morgan fingerprint density at radius 1 is 1.22 bits per heavy atom. The van der Waals surface area contributed by atoms with Crippen molar-refractivity contribution in [2.24, 2.45) is 0 Å². The third-order valence-electron chi connectivity index (χ3n) is 2.29. The lowest BCUT2D eigenvalue weighted by atomic mass is 10.1. The number of phenolic OH excluding ortho intramolecular Hbond substituents is 1. The molecule has 18 heavy (non-hydrogen) atoms. The van der Waals surface area contributed by atoms with E-state index in [2.05, 4.69) is 10.2 Å². The molecule has 2 aromatic rings. The van der Waals surface area contributed by atoms with E-state index >= 15 is 0 Å². The monoisotopic (exact) mass is 269 g/mol. The summed E-state index contributed by atoms with van der Waals surface area (Å²) in [4.78, 5) is 11.7. The predicted molar refractivity (Wildman–Crippen MR) is 69.0 cm³/mol. The lowest BCUT2D eigenvalue weighted by Gasteiger charge is -2.04. The van der Waals surface area contributed by atoms with Crippen molar-refractivity contribution in [1.29, 1.82) is 0 Å². The molecule has 0 atom stereocenters. The number of rotatable bonds is 2. The molecule has 0 saturated carbocycles. The highest BCUT2D eigenvalue weighted by atomic mass is 35.5. The van der Waals surface area contributed by atoms with Crippen LogP contribution in [0.3, 0.4) is 0 Å². The third-order valence-corrected chi connectivity index (χ3v) is 2.29. The number of hydrogen-bond acceptors (Lipinski definition) is 6. The molecule has 0 aliphatic carbocycles. The minimum absolute atomic E-state index is 0. The molecule has 5 N–H and O–H groups in total. The number of nitrogens with two attached hydrogens (primary N) is 2. The van der Waals surface area contributed by atoms with Gasteiger partial charge in [-0.2, -0.15) is 4.68 Å². The Morgan fingerprint density at radius 3 is 2.44 bits per heavy atom. The van der Waals surface area contributed by atoms with Crippen LogP contribution in [0.4, 0.5) is 5.95 Å². The van der Waals surface area contributed by atoms with Crippen LogP contribution in [-0.4, -0.2) is 20.0 Å². The maximum absolute atomic E-state index is 11.7. The molecular weight excluding hydrogens is 258 g/mol. The first-order valence-electron chi connectivity index (χ1n) is 4.85. The number of halogens is 1.